The first kappa shape index (κ1) is 14.5. The lowest BCUT2D eigenvalue weighted by Crippen LogP contribution is -2.39. The highest BCUT2D eigenvalue weighted by Crippen LogP contribution is 2.50. The van der Waals surface area contributed by atoms with Crippen LogP contribution in [0.4, 0.5) is 4.39 Å². The van der Waals surface area contributed by atoms with Crippen molar-refractivity contribution in [1.82, 2.24) is 5.43 Å². The van der Waals surface area contributed by atoms with Gasteiger partial charge in [-0.1, -0.05) is 28.4 Å². The van der Waals surface area contributed by atoms with Crippen LogP contribution in [0.25, 0.3) is 0 Å². The number of benzene rings is 1. The van der Waals surface area contributed by atoms with Gasteiger partial charge in [0.15, 0.2) is 0 Å². The molecule has 1 aromatic carbocycles. The van der Waals surface area contributed by atoms with Gasteiger partial charge in [-0.3, -0.25) is 11.3 Å². The molecule has 2 fully saturated rings. The average molecular weight is 341 g/mol. The van der Waals surface area contributed by atoms with E-state index >= 15 is 0 Å². The lowest BCUT2D eigenvalue weighted by atomic mass is 9.83. The Bertz CT molecular complexity index is 480. The SMILES string of the molecule is NNC(Cc1ccc(F)cc1Br)CC1CC2CCC1C2. The molecule has 0 amide bonds. The smallest absolute Gasteiger partial charge is 0.124 e. The van der Waals surface area contributed by atoms with Gasteiger partial charge >= 0.3 is 0 Å². The molecule has 110 valence electrons. The van der Waals surface area contributed by atoms with Gasteiger partial charge in [0, 0.05) is 10.5 Å². The quantitative estimate of drug-likeness (QED) is 0.632. The number of rotatable bonds is 5. The van der Waals surface area contributed by atoms with Gasteiger partial charge in [0.2, 0.25) is 0 Å². The molecule has 1 aromatic rings. The third kappa shape index (κ3) is 3.07. The van der Waals surface area contributed by atoms with E-state index in [0.29, 0.717) is 0 Å². The summed E-state index contributed by atoms with van der Waals surface area (Å²) in [4.78, 5) is 0. The monoisotopic (exact) mass is 340 g/mol. The van der Waals surface area contributed by atoms with Crippen LogP contribution in [0.3, 0.4) is 0 Å². The molecule has 3 rings (SSSR count). The maximum atomic E-state index is 13.1. The normalized spacial score (nSPS) is 29.9. The molecule has 0 saturated heterocycles. The standard InChI is InChI=1S/C16H22BrFN2/c17-16-9-14(18)4-3-12(16)7-15(20-19)8-13-6-10-1-2-11(13)5-10/h3-4,9-11,13,15,20H,1-2,5-8,19H2. The first-order valence-electron chi connectivity index (χ1n) is 7.55. The summed E-state index contributed by atoms with van der Waals surface area (Å²) in [5, 5.41) is 0. The van der Waals surface area contributed by atoms with Crippen LogP contribution >= 0.6 is 15.9 Å². The maximum absolute atomic E-state index is 13.1. The number of nitrogens with two attached hydrogens (primary N) is 1. The van der Waals surface area contributed by atoms with Crippen LogP contribution in [-0.2, 0) is 6.42 Å². The van der Waals surface area contributed by atoms with Crippen molar-refractivity contribution >= 4 is 15.9 Å². The second kappa shape index (κ2) is 6.12. The second-order valence-electron chi connectivity index (χ2n) is 6.47. The minimum Gasteiger partial charge on any atom is -0.271 e. The van der Waals surface area contributed by atoms with Crippen LogP contribution in [0.1, 0.15) is 37.7 Å². The van der Waals surface area contributed by atoms with Crippen LogP contribution in [0, 0.1) is 23.6 Å². The molecule has 4 unspecified atom stereocenters. The molecule has 0 spiro atoms. The van der Waals surface area contributed by atoms with Gasteiger partial charge in [-0.05, 0) is 67.6 Å². The molecular weight excluding hydrogens is 319 g/mol. The number of hydrazine groups is 1. The van der Waals surface area contributed by atoms with Crippen molar-refractivity contribution in [2.24, 2.45) is 23.6 Å². The number of hydrogen-bond acceptors (Lipinski definition) is 2. The number of nitrogens with one attached hydrogen (secondary N) is 1. The Kier molecular flexibility index (Phi) is 4.43. The zero-order valence-corrected chi connectivity index (χ0v) is 13.2. The Morgan fingerprint density at radius 2 is 2.20 bits per heavy atom. The predicted molar refractivity (Wildman–Crippen MR) is 82.5 cm³/mol. The average Bonchev–Trinajstić information content (AvgIpc) is 3.03. The van der Waals surface area contributed by atoms with Gasteiger partial charge in [-0.25, -0.2) is 4.39 Å². The van der Waals surface area contributed by atoms with Gasteiger partial charge in [0.1, 0.15) is 5.82 Å². The van der Waals surface area contributed by atoms with Gasteiger partial charge in [-0.2, -0.15) is 0 Å². The lowest BCUT2D eigenvalue weighted by molar-refractivity contribution is 0.277. The van der Waals surface area contributed by atoms with Gasteiger partial charge in [0.25, 0.3) is 0 Å². The maximum Gasteiger partial charge on any atom is 0.124 e. The van der Waals surface area contributed by atoms with Gasteiger partial charge < -0.3 is 0 Å². The molecule has 2 aliphatic carbocycles. The molecule has 3 N–H and O–H groups in total. The molecule has 4 atom stereocenters. The molecule has 2 aliphatic rings. The van der Waals surface area contributed by atoms with Crippen molar-refractivity contribution in [3.8, 4) is 0 Å². The fourth-order valence-electron chi connectivity index (χ4n) is 4.19. The molecule has 0 aliphatic heterocycles. The summed E-state index contributed by atoms with van der Waals surface area (Å²) < 4.78 is 14.0. The molecule has 4 heteroatoms. The highest BCUT2D eigenvalue weighted by molar-refractivity contribution is 9.10. The summed E-state index contributed by atoms with van der Waals surface area (Å²) in [5.41, 5.74) is 4.09. The number of fused-ring (bicyclic) bond motifs is 2. The summed E-state index contributed by atoms with van der Waals surface area (Å²) in [5.74, 6) is 8.26. The van der Waals surface area contributed by atoms with Gasteiger partial charge in [0.05, 0.1) is 0 Å². The summed E-state index contributed by atoms with van der Waals surface area (Å²) in [6.07, 6.45) is 7.65. The first-order valence-corrected chi connectivity index (χ1v) is 8.35. The van der Waals surface area contributed by atoms with Crippen LogP contribution in [0.2, 0.25) is 0 Å². The first-order chi connectivity index (χ1) is 9.65. The topological polar surface area (TPSA) is 38.0 Å². The molecule has 20 heavy (non-hydrogen) atoms. The second-order valence-corrected chi connectivity index (χ2v) is 7.33. The van der Waals surface area contributed by atoms with E-state index in [1.807, 2.05) is 6.07 Å². The lowest BCUT2D eigenvalue weighted by Gasteiger charge is -2.26. The minimum absolute atomic E-state index is 0.203. The van der Waals surface area contributed by atoms with Crippen molar-refractivity contribution in [3.63, 3.8) is 0 Å². The fraction of sp³-hybridized carbons (Fsp3) is 0.625. The van der Waals surface area contributed by atoms with Crippen LogP contribution in [-0.4, -0.2) is 6.04 Å². The Labute approximate surface area is 128 Å². The number of hydrogen-bond donors (Lipinski definition) is 2. The molecular formula is C16H22BrFN2. The zero-order chi connectivity index (χ0) is 14.1. The highest BCUT2D eigenvalue weighted by atomic mass is 79.9. The number of halogens is 2. The summed E-state index contributed by atoms with van der Waals surface area (Å²) in [6.45, 7) is 0. The van der Waals surface area contributed by atoms with Crippen molar-refractivity contribution in [3.05, 3.63) is 34.1 Å². The van der Waals surface area contributed by atoms with Crippen LogP contribution < -0.4 is 11.3 Å². The summed E-state index contributed by atoms with van der Waals surface area (Å²) in [7, 11) is 0. The summed E-state index contributed by atoms with van der Waals surface area (Å²) >= 11 is 3.44. The molecule has 2 nitrogen and oxygen atoms in total. The van der Waals surface area contributed by atoms with E-state index in [9.17, 15) is 4.39 Å². The molecule has 0 radical (unpaired) electrons. The van der Waals surface area contributed by atoms with E-state index in [0.717, 1.165) is 40.6 Å². The van der Waals surface area contributed by atoms with Crippen molar-refractivity contribution in [1.29, 1.82) is 0 Å². The third-order valence-electron chi connectivity index (χ3n) is 5.19. The van der Waals surface area contributed by atoms with E-state index in [1.165, 1.54) is 37.8 Å². The molecule has 2 saturated carbocycles. The van der Waals surface area contributed by atoms with E-state index < -0.39 is 0 Å². The minimum atomic E-state index is -0.203. The van der Waals surface area contributed by atoms with Gasteiger partial charge in [-0.15, -0.1) is 0 Å². The Morgan fingerprint density at radius 3 is 2.80 bits per heavy atom. The van der Waals surface area contributed by atoms with Crippen molar-refractivity contribution in [2.75, 3.05) is 0 Å². The zero-order valence-electron chi connectivity index (χ0n) is 11.6. The molecule has 0 aromatic heterocycles. The summed E-state index contributed by atoms with van der Waals surface area (Å²) in [6, 6.07) is 5.18. The van der Waals surface area contributed by atoms with E-state index in [2.05, 4.69) is 21.4 Å². The van der Waals surface area contributed by atoms with E-state index in [1.54, 1.807) is 0 Å². The van der Waals surface area contributed by atoms with E-state index in [4.69, 9.17) is 5.84 Å². The fourth-order valence-corrected chi connectivity index (χ4v) is 4.71. The van der Waals surface area contributed by atoms with Crippen molar-refractivity contribution < 1.29 is 4.39 Å². The highest BCUT2D eigenvalue weighted by Gasteiger charge is 2.39. The van der Waals surface area contributed by atoms with Crippen LogP contribution in [0.5, 0.6) is 0 Å². The van der Waals surface area contributed by atoms with Crippen molar-refractivity contribution in [2.45, 2.75) is 44.6 Å². The Hall–Kier alpha value is -0.450. The Balaban J connectivity index is 1.62. The largest absolute Gasteiger partial charge is 0.271 e. The Morgan fingerprint density at radius 1 is 1.35 bits per heavy atom. The molecule has 2 bridgehead atoms. The predicted octanol–water partition coefficient (Wildman–Crippen LogP) is 3.79. The van der Waals surface area contributed by atoms with Crippen LogP contribution in [0.15, 0.2) is 22.7 Å². The third-order valence-corrected chi connectivity index (χ3v) is 5.93. The van der Waals surface area contributed by atoms with E-state index in [-0.39, 0.29) is 11.9 Å². The molecule has 0 heterocycles.